The molecular formula is C13H19ClF2N2O. The normalized spacial score (nSPS) is 11.9. The van der Waals surface area contributed by atoms with Crippen molar-refractivity contribution in [3.05, 3.63) is 35.4 Å². The molecule has 0 fully saturated rings. The maximum Gasteiger partial charge on any atom is 0.239 e. The van der Waals surface area contributed by atoms with Crippen LogP contribution >= 0.6 is 12.4 Å². The first-order chi connectivity index (χ1) is 8.32. The van der Waals surface area contributed by atoms with Gasteiger partial charge in [-0.2, -0.15) is 0 Å². The fourth-order valence-corrected chi connectivity index (χ4v) is 1.53. The summed E-state index contributed by atoms with van der Waals surface area (Å²) in [4.78, 5) is 13.3. The summed E-state index contributed by atoms with van der Waals surface area (Å²) in [5, 5.41) is 0. The van der Waals surface area contributed by atoms with Gasteiger partial charge in [0.25, 0.3) is 0 Å². The zero-order chi connectivity index (χ0) is 13.9. The minimum atomic E-state index is -0.915. The van der Waals surface area contributed by atoms with Gasteiger partial charge in [0.1, 0.15) is 0 Å². The van der Waals surface area contributed by atoms with E-state index in [9.17, 15) is 13.6 Å². The summed E-state index contributed by atoms with van der Waals surface area (Å²) in [5.41, 5.74) is 6.27. The second-order valence-electron chi connectivity index (χ2n) is 4.71. The van der Waals surface area contributed by atoms with E-state index in [0.29, 0.717) is 5.56 Å². The lowest BCUT2D eigenvalue weighted by molar-refractivity contribution is -0.132. The Morgan fingerprint density at radius 1 is 1.32 bits per heavy atom. The lowest BCUT2D eigenvalue weighted by Gasteiger charge is -2.23. The van der Waals surface area contributed by atoms with Gasteiger partial charge in [-0.05, 0) is 23.6 Å². The molecule has 0 aliphatic rings. The van der Waals surface area contributed by atoms with Gasteiger partial charge in [0.05, 0.1) is 6.04 Å². The van der Waals surface area contributed by atoms with Crippen molar-refractivity contribution < 1.29 is 13.6 Å². The number of nitrogens with zero attached hydrogens (tertiary/aromatic N) is 1. The van der Waals surface area contributed by atoms with Gasteiger partial charge in [0.2, 0.25) is 5.91 Å². The van der Waals surface area contributed by atoms with E-state index in [2.05, 4.69) is 0 Å². The molecule has 19 heavy (non-hydrogen) atoms. The molecule has 6 heteroatoms. The van der Waals surface area contributed by atoms with Crippen LogP contribution in [-0.4, -0.2) is 23.9 Å². The third-order valence-electron chi connectivity index (χ3n) is 2.78. The number of carbonyl (C=O) groups excluding carboxylic acids is 1. The van der Waals surface area contributed by atoms with Gasteiger partial charge in [-0.15, -0.1) is 12.4 Å². The van der Waals surface area contributed by atoms with E-state index >= 15 is 0 Å². The van der Waals surface area contributed by atoms with Crippen LogP contribution in [0.15, 0.2) is 18.2 Å². The molecule has 1 amide bonds. The van der Waals surface area contributed by atoms with Crippen LogP contribution in [0, 0.1) is 17.6 Å². The fraction of sp³-hybridized carbons (Fsp3) is 0.462. The number of halogens is 3. The number of likely N-dealkylation sites (N-methyl/N-ethyl adjacent to an activating group) is 1. The van der Waals surface area contributed by atoms with E-state index in [4.69, 9.17) is 5.73 Å². The monoisotopic (exact) mass is 292 g/mol. The second kappa shape index (κ2) is 7.40. The first-order valence-corrected chi connectivity index (χ1v) is 5.77. The molecule has 0 spiro atoms. The Morgan fingerprint density at radius 3 is 2.37 bits per heavy atom. The number of hydrogen-bond acceptors (Lipinski definition) is 2. The molecule has 1 atom stereocenters. The predicted molar refractivity (Wildman–Crippen MR) is 72.9 cm³/mol. The molecule has 0 saturated heterocycles. The number of hydrogen-bond donors (Lipinski definition) is 1. The Hall–Kier alpha value is -1.20. The Balaban J connectivity index is 0.00000324. The van der Waals surface area contributed by atoms with Crippen molar-refractivity contribution in [2.75, 3.05) is 7.05 Å². The van der Waals surface area contributed by atoms with Gasteiger partial charge in [-0.3, -0.25) is 4.79 Å². The smallest absolute Gasteiger partial charge is 0.239 e. The summed E-state index contributed by atoms with van der Waals surface area (Å²) in [5.74, 6) is -1.99. The Morgan fingerprint density at radius 2 is 1.89 bits per heavy atom. The average molecular weight is 293 g/mol. The van der Waals surface area contributed by atoms with Crippen LogP contribution in [0.2, 0.25) is 0 Å². The van der Waals surface area contributed by atoms with E-state index < -0.39 is 17.7 Å². The van der Waals surface area contributed by atoms with Crippen LogP contribution < -0.4 is 5.73 Å². The molecule has 0 bridgehead atoms. The second-order valence-corrected chi connectivity index (χ2v) is 4.71. The van der Waals surface area contributed by atoms with E-state index in [1.807, 2.05) is 13.8 Å². The summed E-state index contributed by atoms with van der Waals surface area (Å²) in [7, 11) is 1.59. The lowest BCUT2D eigenvalue weighted by atomic mass is 10.0. The molecular weight excluding hydrogens is 274 g/mol. The van der Waals surface area contributed by atoms with Crippen LogP contribution in [0.4, 0.5) is 8.78 Å². The lowest BCUT2D eigenvalue weighted by Crippen LogP contribution is -2.44. The van der Waals surface area contributed by atoms with Crippen LogP contribution in [0.5, 0.6) is 0 Å². The van der Waals surface area contributed by atoms with Crippen molar-refractivity contribution in [1.82, 2.24) is 4.90 Å². The molecule has 1 rings (SSSR count). The van der Waals surface area contributed by atoms with Gasteiger partial charge in [0.15, 0.2) is 11.6 Å². The first-order valence-electron chi connectivity index (χ1n) is 5.77. The summed E-state index contributed by atoms with van der Waals surface area (Å²) in [6.45, 7) is 3.92. The SMILES string of the molecule is CC(C)[C@@H](N)C(=O)N(C)Cc1ccc(F)c(F)c1.Cl. The topological polar surface area (TPSA) is 46.3 Å². The maximum absolute atomic E-state index is 13.0. The number of benzene rings is 1. The Labute approximate surface area is 118 Å². The predicted octanol–water partition coefficient (Wildman–Crippen LogP) is 2.33. The molecule has 0 aliphatic heterocycles. The quantitative estimate of drug-likeness (QED) is 0.926. The van der Waals surface area contributed by atoms with Crippen LogP contribution in [0.3, 0.4) is 0 Å². The molecule has 3 nitrogen and oxygen atoms in total. The van der Waals surface area contributed by atoms with Crippen LogP contribution in [0.25, 0.3) is 0 Å². The molecule has 0 heterocycles. The largest absolute Gasteiger partial charge is 0.340 e. The Kier molecular flexibility index (Phi) is 6.94. The molecule has 1 aromatic carbocycles. The molecule has 0 saturated carbocycles. The molecule has 0 aromatic heterocycles. The van der Waals surface area contributed by atoms with Crippen LogP contribution in [0.1, 0.15) is 19.4 Å². The summed E-state index contributed by atoms with van der Waals surface area (Å²) < 4.78 is 25.8. The van der Waals surface area contributed by atoms with Gasteiger partial charge >= 0.3 is 0 Å². The molecule has 1 aromatic rings. The standard InChI is InChI=1S/C13H18F2N2O.ClH/c1-8(2)12(16)13(18)17(3)7-9-4-5-10(14)11(15)6-9;/h4-6,8,12H,7,16H2,1-3H3;1H/t12-;/m1./s1. The van der Waals surface area contributed by atoms with E-state index in [0.717, 1.165) is 12.1 Å². The number of carbonyl (C=O) groups is 1. The molecule has 0 aliphatic carbocycles. The highest BCUT2D eigenvalue weighted by molar-refractivity contribution is 5.85. The van der Waals surface area contributed by atoms with Gasteiger partial charge < -0.3 is 10.6 Å². The van der Waals surface area contributed by atoms with Gasteiger partial charge in [-0.25, -0.2) is 8.78 Å². The third-order valence-corrected chi connectivity index (χ3v) is 2.78. The maximum atomic E-state index is 13.0. The highest BCUT2D eigenvalue weighted by atomic mass is 35.5. The number of rotatable bonds is 4. The summed E-state index contributed by atoms with van der Waals surface area (Å²) >= 11 is 0. The fourth-order valence-electron chi connectivity index (χ4n) is 1.53. The summed E-state index contributed by atoms with van der Waals surface area (Å²) in [6.07, 6.45) is 0. The minimum Gasteiger partial charge on any atom is -0.340 e. The zero-order valence-electron chi connectivity index (χ0n) is 11.2. The zero-order valence-corrected chi connectivity index (χ0v) is 12.0. The van der Waals surface area contributed by atoms with E-state index in [-0.39, 0.29) is 30.8 Å². The van der Waals surface area contributed by atoms with E-state index in [1.165, 1.54) is 11.0 Å². The molecule has 108 valence electrons. The molecule has 2 N–H and O–H groups in total. The number of nitrogens with two attached hydrogens (primary N) is 1. The third kappa shape index (κ3) is 4.76. The summed E-state index contributed by atoms with van der Waals surface area (Å²) in [6, 6.07) is 2.99. The van der Waals surface area contributed by atoms with Gasteiger partial charge in [-0.1, -0.05) is 19.9 Å². The van der Waals surface area contributed by atoms with Crippen LogP contribution in [-0.2, 0) is 11.3 Å². The highest BCUT2D eigenvalue weighted by Gasteiger charge is 2.21. The van der Waals surface area contributed by atoms with Crippen molar-refractivity contribution in [2.45, 2.75) is 26.4 Å². The van der Waals surface area contributed by atoms with Crippen molar-refractivity contribution >= 4 is 18.3 Å². The first kappa shape index (κ1) is 17.8. The molecule has 0 radical (unpaired) electrons. The van der Waals surface area contributed by atoms with E-state index in [1.54, 1.807) is 7.05 Å². The van der Waals surface area contributed by atoms with Gasteiger partial charge in [0, 0.05) is 13.6 Å². The average Bonchev–Trinajstić information content (AvgIpc) is 2.31. The van der Waals surface area contributed by atoms with Crippen molar-refractivity contribution in [3.8, 4) is 0 Å². The number of amides is 1. The van der Waals surface area contributed by atoms with Crippen molar-refractivity contribution in [3.63, 3.8) is 0 Å². The minimum absolute atomic E-state index is 0. The Bertz CT molecular complexity index is 441. The highest BCUT2D eigenvalue weighted by Crippen LogP contribution is 2.11. The van der Waals surface area contributed by atoms with Crippen molar-refractivity contribution in [1.29, 1.82) is 0 Å². The molecule has 0 unspecified atom stereocenters. The van der Waals surface area contributed by atoms with Crippen molar-refractivity contribution in [2.24, 2.45) is 11.7 Å².